The minimum absolute atomic E-state index is 0.0255. The van der Waals surface area contributed by atoms with E-state index in [2.05, 4.69) is 20.8 Å². The minimum atomic E-state index is -3.99. The molecule has 0 aliphatic heterocycles. The van der Waals surface area contributed by atoms with E-state index in [1.807, 2.05) is 18.2 Å². The van der Waals surface area contributed by atoms with Crippen molar-refractivity contribution in [2.45, 2.75) is 51.7 Å². The number of carbonyl (C=O) groups is 1. The van der Waals surface area contributed by atoms with Crippen molar-refractivity contribution in [1.82, 2.24) is 0 Å². The van der Waals surface area contributed by atoms with Gasteiger partial charge in [0.25, 0.3) is 10.1 Å². The summed E-state index contributed by atoms with van der Waals surface area (Å²) in [5.74, 6) is 1.19. The van der Waals surface area contributed by atoms with Crippen LogP contribution in [0, 0.1) is 16.7 Å². The number of fused-ring (bicyclic) bond motifs is 3. The SMILES string of the molecule is CC12CCC(CC1=O)C2(C)C.O=S(=O)(O)C1CC=Cc2ccccc21. The lowest BCUT2D eigenvalue weighted by Gasteiger charge is -2.32. The van der Waals surface area contributed by atoms with E-state index in [1.165, 1.54) is 6.42 Å². The Kier molecular flexibility index (Phi) is 4.44. The van der Waals surface area contributed by atoms with E-state index in [0.717, 1.165) is 18.4 Å². The monoisotopic (exact) mass is 362 g/mol. The van der Waals surface area contributed by atoms with Gasteiger partial charge in [0.05, 0.1) is 0 Å². The molecule has 0 spiro atoms. The molecule has 3 aliphatic rings. The number of allylic oxidation sites excluding steroid dienone is 1. The minimum Gasteiger partial charge on any atom is -0.299 e. The predicted molar refractivity (Wildman–Crippen MR) is 98.6 cm³/mol. The van der Waals surface area contributed by atoms with E-state index in [1.54, 1.807) is 18.2 Å². The van der Waals surface area contributed by atoms with Crippen LogP contribution in [-0.4, -0.2) is 18.8 Å². The van der Waals surface area contributed by atoms with Gasteiger partial charge < -0.3 is 0 Å². The number of rotatable bonds is 1. The van der Waals surface area contributed by atoms with E-state index in [-0.39, 0.29) is 10.8 Å². The van der Waals surface area contributed by atoms with Gasteiger partial charge in [-0.15, -0.1) is 0 Å². The van der Waals surface area contributed by atoms with Crippen LogP contribution in [0.1, 0.15) is 62.8 Å². The fourth-order valence-electron chi connectivity index (χ4n) is 4.58. The molecule has 2 bridgehead atoms. The smallest absolute Gasteiger partial charge is 0.272 e. The maximum Gasteiger partial charge on any atom is 0.272 e. The topological polar surface area (TPSA) is 71.4 Å². The molecule has 0 amide bonds. The zero-order chi connectivity index (χ0) is 18.5. The van der Waals surface area contributed by atoms with E-state index in [9.17, 15) is 13.2 Å². The third kappa shape index (κ3) is 2.97. The molecule has 1 N–H and O–H groups in total. The molecule has 0 heterocycles. The molecule has 4 nitrogen and oxygen atoms in total. The van der Waals surface area contributed by atoms with Crippen LogP contribution in [0.3, 0.4) is 0 Å². The second-order valence-corrected chi connectivity index (χ2v) is 9.79. The van der Waals surface area contributed by atoms with Crippen molar-refractivity contribution in [2.75, 3.05) is 0 Å². The number of benzene rings is 1. The second kappa shape index (κ2) is 6.06. The summed E-state index contributed by atoms with van der Waals surface area (Å²) in [6.07, 6.45) is 7.23. The molecule has 1 aromatic rings. The van der Waals surface area contributed by atoms with Crippen molar-refractivity contribution in [2.24, 2.45) is 16.7 Å². The molecule has 2 saturated carbocycles. The van der Waals surface area contributed by atoms with Gasteiger partial charge in [-0.1, -0.05) is 57.2 Å². The summed E-state index contributed by atoms with van der Waals surface area (Å²) < 4.78 is 31.2. The molecule has 3 aliphatic carbocycles. The van der Waals surface area contributed by atoms with Crippen LogP contribution in [0.25, 0.3) is 6.08 Å². The van der Waals surface area contributed by atoms with Gasteiger partial charge in [-0.05, 0) is 41.7 Å². The van der Waals surface area contributed by atoms with Crippen LogP contribution in [0.4, 0.5) is 0 Å². The molecule has 3 atom stereocenters. The summed E-state index contributed by atoms with van der Waals surface area (Å²) in [6.45, 7) is 6.67. The second-order valence-electron chi connectivity index (χ2n) is 8.19. The van der Waals surface area contributed by atoms with Crippen molar-refractivity contribution in [3.8, 4) is 0 Å². The Bertz CT molecular complexity index is 822. The van der Waals surface area contributed by atoms with Crippen LogP contribution in [0.2, 0.25) is 0 Å². The maximum atomic E-state index is 11.6. The highest BCUT2D eigenvalue weighted by Crippen LogP contribution is 2.63. The number of carbonyl (C=O) groups excluding carboxylic acids is 1. The molecule has 0 aromatic heterocycles. The summed E-state index contributed by atoms with van der Waals surface area (Å²) in [4.78, 5) is 11.6. The summed E-state index contributed by atoms with van der Waals surface area (Å²) >= 11 is 0. The van der Waals surface area contributed by atoms with E-state index >= 15 is 0 Å². The number of ketones is 1. The number of Topliss-reactive ketones (excluding diaryl/α,β-unsaturated/α-hetero) is 1. The van der Waals surface area contributed by atoms with E-state index in [0.29, 0.717) is 23.7 Å². The third-order valence-electron chi connectivity index (χ3n) is 6.83. The molecule has 0 saturated heterocycles. The van der Waals surface area contributed by atoms with Crippen LogP contribution >= 0.6 is 0 Å². The average Bonchev–Trinajstić information content (AvgIpc) is 2.87. The predicted octanol–water partition coefficient (Wildman–Crippen LogP) is 4.43. The largest absolute Gasteiger partial charge is 0.299 e. The quantitative estimate of drug-likeness (QED) is 0.750. The van der Waals surface area contributed by atoms with Crippen LogP contribution in [0.5, 0.6) is 0 Å². The Labute approximate surface area is 150 Å². The lowest BCUT2D eigenvalue weighted by molar-refractivity contribution is -0.128. The van der Waals surface area contributed by atoms with Crippen molar-refractivity contribution in [3.63, 3.8) is 0 Å². The Morgan fingerprint density at radius 3 is 2.32 bits per heavy atom. The van der Waals surface area contributed by atoms with Gasteiger partial charge >= 0.3 is 0 Å². The highest BCUT2D eigenvalue weighted by atomic mass is 32.2. The first kappa shape index (κ1) is 18.3. The zero-order valence-electron chi connectivity index (χ0n) is 15.0. The fourth-order valence-corrected chi connectivity index (χ4v) is 5.47. The van der Waals surface area contributed by atoms with Crippen LogP contribution in [-0.2, 0) is 14.9 Å². The van der Waals surface area contributed by atoms with Crippen LogP contribution in [0.15, 0.2) is 30.3 Å². The molecule has 4 rings (SSSR count). The van der Waals surface area contributed by atoms with Gasteiger partial charge in [0.1, 0.15) is 11.0 Å². The maximum absolute atomic E-state index is 11.6. The molecular formula is C20H26O4S. The summed E-state index contributed by atoms with van der Waals surface area (Å²) in [6, 6.07) is 7.19. The highest BCUT2D eigenvalue weighted by molar-refractivity contribution is 7.86. The molecule has 136 valence electrons. The Morgan fingerprint density at radius 1 is 1.16 bits per heavy atom. The van der Waals surface area contributed by atoms with Gasteiger partial charge in [-0.25, -0.2) is 0 Å². The molecule has 3 unspecified atom stereocenters. The van der Waals surface area contributed by atoms with Gasteiger partial charge in [0, 0.05) is 11.8 Å². The number of hydrogen-bond acceptors (Lipinski definition) is 3. The summed E-state index contributed by atoms with van der Waals surface area (Å²) in [5, 5.41) is -0.802. The fraction of sp³-hybridized carbons (Fsp3) is 0.550. The summed E-state index contributed by atoms with van der Waals surface area (Å²) in [5.41, 5.74) is 1.85. The Morgan fingerprint density at radius 2 is 1.84 bits per heavy atom. The highest BCUT2D eigenvalue weighted by Gasteiger charge is 2.61. The lowest BCUT2D eigenvalue weighted by Crippen LogP contribution is -2.32. The first-order chi connectivity index (χ1) is 11.6. The number of hydrogen-bond donors (Lipinski definition) is 1. The van der Waals surface area contributed by atoms with E-state index in [4.69, 9.17) is 4.55 Å². The van der Waals surface area contributed by atoms with Crippen molar-refractivity contribution < 1.29 is 17.8 Å². The van der Waals surface area contributed by atoms with Gasteiger partial charge in [-0.2, -0.15) is 8.42 Å². The van der Waals surface area contributed by atoms with Gasteiger partial charge in [0.2, 0.25) is 0 Å². The normalized spacial score (nSPS) is 32.1. The van der Waals surface area contributed by atoms with Crippen molar-refractivity contribution in [3.05, 3.63) is 41.5 Å². The Hall–Kier alpha value is -1.46. The van der Waals surface area contributed by atoms with Crippen molar-refractivity contribution in [1.29, 1.82) is 0 Å². The third-order valence-corrected chi connectivity index (χ3v) is 8.00. The summed E-state index contributed by atoms with van der Waals surface area (Å²) in [7, 11) is -3.99. The molecule has 1 aromatic carbocycles. The van der Waals surface area contributed by atoms with Crippen molar-refractivity contribution >= 4 is 22.0 Å². The Balaban J connectivity index is 0.000000150. The molecule has 0 radical (unpaired) electrons. The molecule has 5 heteroatoms. The molecular weight excluding hydrogens is 336 g/mol. The zero-order valence-corrected chi connectivity index (χ0v) is 15.8. The first-order valence-corrected chi connectivity index (χ1v) is 10.3. The van der Waals surface area contributed by atoms with Crippen LogP contribution < -0.4 is 0 Å². The van der Waals surface area contributed by atoms with E-state index < -0.39 is 15.4 Å². The molecule has 25 heavy (non-hydrogen) atoms. The average molecular weight is 362 g/mol. The van der Waals surface area contributed by atoms with Gasteiger partial charge in [0.15, 0.2) is 0 Å². The first-order valence-electron chi connectivity index (χ1n) is 8.82. The lowest BCUT2D eigenvalue weighted by atomic mass is 9.70. The molecule has 2 fully saturated rings. The van der Waals surface area contributed by atoms with Gasteiger partial charge in [-0.3, -0.25) is 9.35 Å². The standard InChI is InChI=1S/C10H10O3S.C10H16O/c11-14(12,13)10-7-3-5-8-4-1-2-6-9(8)10;1-9(2)7-4-5-10(9,3)8(11)6-7/h1-6,10H,7H2,(H,11,12,13);7H,4-6H2,1-3H3.